The molecule has 0 spiro atoms. The Morgan fingerprint density at radius 2 is 2.21 bits per heavy atom. The van der Waals surface area contributed by atoms with Crippen molar-refractivity contribution in [2.24, 2.45) is 0 Å². The van der Waals surface area contributed by atoms with Crippen molar-refractivity contribution in [1.29, 1.82) is 0 Å². The van der Waals surface area contributed by atoms with E-state index in [-0.39, 0.29) is 59.5 Å². The first-order valence-corrected chi connectivity index (χ1v) is 10.2. The Kier molecular flexibility index (Phi) is 6.66. The monoisotopic (exact) mass is 656 g/mol. The first-order chi connectivity index (χ1) is 11.0. The third-order valence-electron chi connectivity index (χ3n) is 4.17. The predicted octanol–water partition coefficient (Wildman–Crippen LogP) is 4.46. The van der Waals surface area contributed by atoms with Gasteiger partial charge in [-0.1, -0.05) is 41.6 Å². The van der Waals surface area contributed by atoms with Crippen LogP contribution in [0.1, 0.15) is 31.9 Å². The number of hydrogen-bond acceptors (Lipinski definition) is 3. The van der Waals surface area contributed by atoms with Gasteiger partial charge in [-0.25, -0.2) is 0 Å². The number of rotatable bonds is 2. The smallest absolute Gasteiger partial charge is 0.104 e. The number of nitrogen functional groups attached to an aromatic ring is 1. The van der Waals surface area contributed by atoms with E-state index in [0.29, 0.717) is 22.4 Å². The number of anilines is 1. The molecule has 0 amide bonds. The Morgan fingerprint density at radius 3 is 2.96 bits per heavy atom. The maximum atomic E-state index is 12.3. The maximum Gasteiger partial charge on any atom is 0.104 e. The number of hydrogen-bond donors (Lipinski definition) is 1. The van der Waals surface area contributed by atoms with Gasteiger partial charge in [0.15, 0.2) is 0 Å². The van der Waals surface area contributed by atoms with Gasteiger partial charge in [-0.05, 0) is 24.8 Å². The average molecular weight is 657 g/mol. The molecule has 0 saturated heterocycles. The van der Waals surface area contributed by atoms with Gasteiger partial charge in [0.2, 0.25) is 0 Å². The van der Waals surface area contributed by atoms with E-state index in [4.69, 9.17) is 10.2 Å². The molecule has 3 nitrogen and oxygen atoms in total. The predicted molar refractivity (Wildman–Crippen MR) is 106 cm³/mol. The molecule has 2 aromatic rings. The van der Waals surface area contributed by atoms with Gasteiger partial charge < -0.3 is 14.9 Å². The van der Waals surface area contributed by atoms with Crippen LogP contribution >= 0.6 is 20.7 Å². The molecule has 0 aliphatic heterocycles. The molecule has 0 fully saturated rings. The molecule has 1 aliphatic rings. The topological polar surface area (TPSA) is 56.2 Å². The number of benzene rings is 1. The van der Waals surface area contributed by atoms with Crippen molar-refractivity contribution in [3.05, 3.63) is 58.5 Å². The summed E-state index contributed by atoms with van der Waals surface area (Å²) < 4.78 is 10.3. The number of alkyl halides is 1. The van der Waals surface area contributed by atoms with Crippen molar-refractivity contribution in [1.82, 2.24) is 0 Å². The Labute approximate surface area is 174 Å². The molecule has 1 aromatic carbocycles. The molecule has 0 saturated carbocycles. The molecule has 24 heavy (non-hydrogen) atoms. The molecule has 125 valence electrons. The van der Waals surface area contributed by atoms with E-state index in [1.165, 1.54) is 0 Å². The first-order valence-electron chi connectivity index (χ1n) is 7.55. The molecule has 1 radical (unpaired) electrons. The van der Waals surface area contributed by atoms with Crippen molar-refractivity contribution in [2.45, 2.75) is 29.6 Å². The molecule has 0 bridgehead atoms. The summed E-state index contributed by atoms with van der Waals surface area (Å²) in [5, 5.41) is 0.477. The summed E-state index contributed by atoms with van der Waals surface area (Å²) in [5.74, 6) is 0.498. The molecule has 3 rings (SSSR count). The van der Waals surface area contributed by atoms with Crippen molar-refractivity contribution in [2.75, 3.05) is 5.73 Å². The molecule has 1 aromatic heterocycles. The molecule has 1 unspecified atom stereocenters. The summed E-state index contributed by atoms with van der Waals surface area (Å²) in [5.41, 5.74) is 7.70. The van der Waals surface area contributed by atoms with Gasteiger partial charge in [0, 0.05) is 39.1 Å². The van der Waals surface area contributed by atoms with E-state index in [2.05, 4.69) is 29.7 Å². The Hall–Kier alpha value is -0.677. The molecule has 1 atom stereocenters. The zero-order valence-electron chi connectivity index (χ0n) is 13.5. The fraction of sp³-hybridized carbons (Fsp3) is 0.263. The van der Waals surface area contributed by atoms with Crippen LogP contribution in [0.5, 0.6) is 0 Å². The quantitative estimate of drug-likeness (QED) is 0.225. The van der Waals surface area contributed by atoms with Gasteiger partial charge >= 0.3 is 0 Å². The van der Waals surface area contributed by atoms with Crippen LogP contribution in [0.4, 0.5) is 5.69 Å². The van der Waals surface area contributed by atoms with Gasteiger partial charge in [0.05, 0.1) is 11.1 Å². The van der Waals surface area contributed by atoms with E-state index in [0.717, 1.165) is 24.8 Å². The Balaban J connectivity index is 0.00000208. The van der Waals surface area contributed by atoms with E-state index in [1.54, 1.807) is 18.2 Å². The van der Waals surface area contributed by atoms with Crippen molar-refractivity contribution in [3.63, 3.8) is 0 Å². The summed E-state index contributed by atoms with van der Waals surface area (Å²) in [7, 11) is 0. The second-order valence-corrected chi connectivity index (χ2v) is 9.15. The first kappa shape index (κ1) is 19.6. The van der Waals surface area contributed by atoms with Gasteiger partial charge in [0.1, 0.15) is 5.58 Å². The van der Waals surface area contributed by atoms with Gasteiger partial charge in [0.25, 0.3) is 0 Å². The van der Waals surface area contributed by atoms with Crippen LogP contribution in [0.3, 0.4) is 0 Å². The standard InChI is InChI=1S/C19H19INO2.Np/c1-19(20-2)10-4-6-13(7-5-11-19)17-12-16(22)14-8-3-9-15(21)18(14)23-17;/h3-4,6,8-10H,2,5,7,11,21H2,1H3;/q-1;. The van der Waals surface area contributed by atoms with Crippen LogP contribution in [0.15, 0.2) is 45.6 Å². The summed E-state index contributed by atoms with van der Waals surface area (Å²) in [6.07, 6.45) is 9.34. The number of nitrogens with two attached hydrogens (primary N) is 1. The van der Waals surface area contributed by atoms with E-state index < -0.39 is 0 Å². The van der Waals surface area contributed by atoms with E-state index in [9.17, 15) is 4.79 Å². The second-order valence-electron chi connectivity index (χ2n) is 5.93. The van der Waals surface area contributed by atoms with Gasteiger partial charge in [-0.15, -0.1) is 38.4 Å². The fourth-order valence-corrected chi connectivity index (χ4v) is 3.97. The minimum atomic E-state index is -0.172. The van der Waals surface area contributed by atoms with Crippen LogP contribution in [-0.2, 0) is 0 Å². The van der Waals surface area contributed by atoms with Gasteiger partial charge in [-0.2, -0.15) is 0 Å². The van der Waals surface area contributed by atoms with Crippen molar-refractivity contribution < 1.29 is 34.4 Å². The normalized spacial score (nSPS) is 20.8. The zero-order valence-corrected chi connectivity index (χ0v) is 19.4. The third-order valence-corrected chi connectivity index (χ3v) is 6.81. The van der Waals surface area contributed by atoms with E-state index >= 15 is 0 Å². The number of para-hydroxylation sites is 1. The number of fused-ring (bicyclic) bond motifs is 1. The summed E-state index contributed by atoms with van der Waals surface area (Å²) >= 11 is -0.0945. The SMILES string of the molecule is C=IC1(C)C=CC=C(c2[c-]c(=O)c3cccc(N)c3o2)CCC1.[Np]. The molecule has 5 heteroatoms. The fourth-order valence-electron chi connectivity index (χ4n) is 2.75. The molecule has 1 aliphatic carbocycles. The maximum absolute atomic E-state index is 12.3. The molecule has 2 N–H and O–H groups in total. The second kappa shape index (κ2) is 8.13. The summed E-state index contributed by atoms with van der Waals surface area (Å²) in [6, 6.07) is 8.05. The van der Waals surface area contributed by atoms with Crippen LogP contribution in [0.25, 0.3) is 16.5 Å². The average Bonchev–Trinajstić information content (AvgIpc) is 2.52. The summed E-state index contributed by atoms with van der Waals surface area (Å²) in [4.78, 5) is 12.3. The van der Waals surface area contributed by atoms with Crippen molar-refractivity contribution >= 4 is 47.5 Å². The Morgan fingerprint density at radius 1 is 1.42 bits per heavy atom. The minimum Gasteiger partial charge on any atom is -0.493 e. The largest absolute Gasteiger partial charge is 0.493 e. The molecule has 1 heterocycles. The Bertz CT molecular complexity index is 885. The number of allylic oxidation sites excluding steroid dienone is 4. The minimum absolute atomic E-state index is 0. The van der Waals surface area contributed by atoms with E-state index in [1.807, 2.05) is 6.08 Å². The zero-order chi connectivity index (χ0) is 16.4. The van der Waals surface area contributed by atoms with Crippen LogP contribution in [-0.4, -0.2) is 7.94 Å². The van der Waals surface area contributed by atoms with Gasteiger partial charge in [-0.3, -0.25) is 0 Å². The van der Waals surface area contributed by atoms with Crippen molar-refractivity contribution in [3.8, 4) is 0 Å². The summed E-state index contributed by atoms with van der Waals surface area (Å²) in [6.45, 7) is 2.27. The van der Waals surface area contributed by atoms with Crippen LogP contribution in [0.2, 0.25) is 0 Å². The molecular weight excluding hydrogens is 638 g/mol. The number of halogens is 1. The van der Waals surface area contributed by atoms with Crippen LogP contribution < -0.4 is 11.2 Å². The van der Waals surface area contributed by atoms with Crippen LogP contribution in [0, 0.1) is 36.0 Å². The molecular formula is C19H19INNpO2-. The third kappa shape index (κ3) is 4.10.